The smallest absolute Gasteiger partial charge is 0.303 e. The minimum atomic E-state index is -1.23. The fourth-order valence-electron chi connectivity index (χ4n) is 5.33. The quantitative estimate of drug-likeness (QED) is 0.233. The van der Waals surface area contributed by atoms with Crippen LogP contribution in [0.15, 0.2) is 47.2 Å². The SMILES string of the molecule is CC(=O)OCC1OC(c2ccc(C3CC3)c(Cc3ncc(-c4ccco4)s3)c2)C(OC(C)=O)C(OC(C)=O)C1OC(C)=O. The lowest BCUT2D eigenvalue weighted by atomic mass is 9.88. The number of carbonyl (C=O) groups is 4. The summed E-state index contributed by atoms with van der Waals surface area (Å²) in [6, 6.07) is 9.64. The Kier molecular flexibility index (Phi) is 9.26. The maximum absolute atomic E-state index is 12.3. The van der Waals surface area contributed by atoms with E-state index < -0.39 is 54.4 Å². The second kappa shape index (κ2) is 13.1. The molecule has 0 radical (unpaired) electrons. The molecule has 2 fully saturated rings. The summed E-state index contributed by atoms with van der Waals surface area (Å²) < 4.78 is 33.9. The topological polar surface area (TPSA) is 140 Å². The number of furan rings is 1. The van der Waals surface area contributed by atoms with Gasteiger partial charge >= 0.3 is 23.9 Å². The van der Waals surface area contributed by atoms with Crippen molar-refractivity contribution >= 4 is 35.2 Å². The van der Waals surface area contributed by atoms with Gasteiger partial charge in [0.25, 0.3) is 0 Å². The van der Waals surface area contributed by atoms with Crippen LogP contribution in [0.1, 0.15) is 74.3 Å². The summed E-state index contributed by atoms with van der Waals surface area (Å²) in [5, 5.41) is 0.895. The molecule has 228 valence electrons. The first kappa shape index (κ1) is 30.4. The van der Waals surface area contributed by atoms with Gasteiger partial charge in [0.1, 0.15) is 24.6 Å². The van der Waals surface area contributed by atoms with E-state index in [1.807, 2.05) is 30.3 Å². The molecule has 1 saturated carbocycles. The number of ether oxygens (including phenoxy) is 5. The van der Waals surface area contributed by atoms with Gasteiger partial charge in [-0.05, 0) is 47.6 Å². The standard InChI is InChI=1S/C31H33NO10S/c1-16(33)38-15-25-29(39-17(2)34)31(41-19(4)36)30(40-18(3)35)28(42-25)21-9-10-23(20-7-8-20)22(12-21)13-27-32-14-26(43-27)24-6-5-11-37-24/h5-6,9-12,14,20,25,28-31H,7-8,13,15H2,1-4H3. The molecule has 3 heterocycles. The van der Waals surface area contributed by atoms with Crippen molar-refractivity contribution in [3.8, 4) is 10.6 Å². The highest BCUT2D eigenvalue weighted by Gasteiger charge is 2.52. The van der Waals surface area contributed by atoms with Crippen molar-refractivity contribution < 1.29 is 47.3 Å². The number of esters is 4. The van der Waals surface area contributed by atoms with Crippen molar-refractivity contribution in [2.75, 3.05) is 6.61 Å². The summed E-state index contributed by atoms with van der Waals surface area (Å²) in [4.78, 5) is 53.8. The number of rotatable bonds is 10. The fraction of sp³-hybridized carbons (Fsp3) is 0.452. The predicted molar refractivity (Wildman–Crippen MR) is 152 cm³/mol. The number of hydrogen-bond acceptors (Lipinski definition) is 12. The Morgan fingerprint density at radius 1 is 0.907 bits per heavy atom. The van der Waals surface area contributed by atoms with Crippen LogP contribution in [0.2, 0.25) is 0 Å². The molecule has 12 heteroatoms. The van der Waals surface area contributed by atoms with Gasteiger partial charge in [-0.25, -0.2) is 4.98 Å². The lowest BCUT2D eigenvalue weighted by molar-refractivity contribution is -0.254. The summed E-state index contributed by atoms with van der Waals surface area (Å²) >= 11 is 1.54. The molecule has 0 bridgehead atoms. The summed E-state index contributed by atoms with van der Waals surface area (Å²) in [7, 11) is 0. The Labute approximate surface area is 252 Å². The van der Waals surface area contributed by atoms with Crippen LogP contribution in [0.5, 0.6) is 0 Å². The largest absolute Gasteiger partial charge is 0.463 e. The highest BCUT2D eigenvalue weighted by atomic mass is 32.1. The van der Waals surface area contributed by atoms with Crippen molar-refractivity contribution in [3.05, 3.63) is 64.5 Å². The van der Waals surface area contributed by atoms with Gasteiger partial charge in [-0.15, -0.1) is 11.3 Å². The highest BCUT2D eigenvalue weighted by Crippen LogP contribution is 2.44. The molecular formula is C31H33NO10S. The maximum atomic E-state index is 12.3. The number of benzene rings is 1. The van der Waals surface area contributed by atoms with Gasteiger partial charge in [-0.3, -0.25) is 19.2 Å². The Hall–Kier alpha value is -4.03. The van der Waals surface area contributed by atoms with E-state index in [2.05, 4.69) is 4.98 Å². The number of thiazole rings is 1. The minimum absolute atomic E-state index is 0.282. The molecule has 1 aromatic carbocycles. The molecule has 43 heavy (non-hydrogen) atoms. The second-order valence-corrected chi connectivity index (χ2v) is 11.7. The van der Waals surface area contributed by atoms with E-state index in [1.54, 1.807) is 12.5 Å². The molecule has 1 saturated heterocycles. The van der Waals surface area contributed by atoms with Crippen molar-refractivity contribution in [1.29, 1.82) is 0 Å². The number of hydrogen-bond donors (Lipinski definition) is 0. The van der Waals surface area contributed by atoms with Crippen molar-refractivity contribution in [1.82, 2.24) is 4.98 Å². The van der Waals surface area contributed by atoms with Gasteiger partial charge in [-0.2, -0.15) is 0 Å². The predicted octanol–water partition coefficient (Wildman–Crippen LogP) is 4.67. The minimum Gasteiger partial charge on any atom is -0.463 e. The van der Waals surface area contributed by atoms with Gasteiger partial charge < -0.3 is 28.1 Å². The number of aromatic nitrogens is 1. The van der Waals surface area contributed by atoms with E-state index in [9.17, 15) is 19.2 Å². The Morgan fingerprint density at radius 3 is 2.23 bits per heavy atom. The molecule has 2 aromatic heterocycles. The molecule has 1 aliphatic carbocycles. The second-order valence-electron chi connectivity index (χ2n) is 10.6. The van der Waals surface area contributed by atoms with Crippen LogP contribution in [0.4, 0.5) is 0 Å². The zero-order valence-electron chi connectivity index (χ0n) is 24.3. The Balaban J connectivity index is 1.53. The van der Waals surface area contributed by atoms with E-state index in [-0.39, 0.29) is 6.61 Å². The van der Waals surface area contributed by atoms with Crippen LogP contribution in [0, 0.1) is 0 Å². The number of nitrogens with zero attached hydrogens (tertiary/aromatic N) is 1. The van der Waals surface area contributed by atoms with Crippen LogP contribution < -0.4 is 0 Å². The lowest BCUT2D eigenvalue weighted by Gasteiger charge is -2.44. The number of carbonyl (C=O) groups excluding carboxylic acids is 4. The van der Waals surface area contributed by atoms with Crippen molar-refractivity contribution in [3.63, 3.8) is 0 Å². The third-order valence-electron chi connectivity index (χ3n) is 7.16. The molecule has 5 atom stereocenters. The Bertz CT molecular complexity index is 1480. The normalized spacial score (nSPS) is 23.3. The molecule has 0 amide bonds. The average Bonchev–Trinajstić information content (AvgIpc) is 3.42. The zero-order valence-corrected chi connectivity index (χ0v) is 25.1. The van der Waals surface area contributed by atoms with E-state index in [0.29, 0.717) is 17.9 Å². The molecule has 0 spiro atoms. The van der Waals surface area contributed by atoms with E-state index in [1.165, 1.54) is 44.6 Å². The van der Waals surface area contributed by atoms with E-state index in [4.69, 9.17) is 28.1 Å². The van der Waals surface area contributed by atoms with Crippen LogP contribution in [-0.2, 0) is 49.3 Å². The third kappa shape index (κ3) is 7.49. The summed E-state index contributed by atoms with van der Waals surface area (Å²) in [5.74, 6) is -1.37. The molecule has 0 N–H and O–H groups in total. The monoisotopic (exact) mass is 611 g/mol. The van der Waals surface area contributed by atoms with Gasteiger partial charge in [0.2, 0.25) is 0 Å². The van der Waals surface area contributed by atoms with Gasteiger partial charge in [0, 0.05) is 40.3 Å². The Morgan fingerprint density at radius 2 is 1.60 bits per heavy atom. The molecule has 1 aliphatic heterocycles. The first-order valence-corrected chi connectivity index (χ1v) is 14.8. The summed E-state index contributed by atoms with van der Waals surface area (Å²) in [6.07, 6.45) is 0.573. The highest BCUT2D eigenvalue weighted by molar-refractivity contribution is 7.15. The van der Waals surface area contributed by atoms with Gasteiger partial charge in [0.05, 0.1) is 16.1 Å². The van der Waals surface area contributed by atoms with E-state index in [0.717, 1.165) is 34.1 Å². The third-order valence-corrected chi connectivity index (χ3v) is 8.17. The summed E-state index contributed by atoms with van der Waals surface area (Å²) in [5.41, 5.74) is 2.89. The molecule has 5 unspecified atom stereocenters. The molecular weight excluding hydrogens is 578 g/mol. The fourth-order valence-corrected chi connectivity index (χ4v) is 6.24. The molecule has 2 aliphatic rings. The van der Waals surface area contributed by atoms with Gasteiger partial charge in [0.15, 0.2) is 18.3 Å². The molecule has 3 aromatic rings. The lowest BCUT2D eigenvalue weighted by Crippen LogP contribution is -2.59. The van der Waals surface area contributed by atoms with Crippen molar-refractivity contribution in [2.24, 2.45) is 0 Å². The van der Waals surface area contributed by atoms with Crippen molar-refractivity contribution in [2.45, 2.75) is 83.4 Å². The van der Waals surface area contributed by atoms with Crippen LogP contribution >= 0.6 is 11.3 Å². The first-order chi connectivity index (χ1) is 20.6. The van der Waals surface area contributed by atoms with Crippen LogP contribution in [-0.4, -0.2) is 59.9 Å². The summed E-state index contributed by atoms with van der Waals surface area (Å²) in [6.45, 7) is 4.59. The van der Waals surface area contributed by atoms with E-state index >= 15 is 0 Å². The average molecular weight is 612 g/mol. The molecule has 11 nitrogen and oxygen atoms in total. The van der Waals surface area contributed by atoms with Gasteiger partial charge in [-0.1, -0.05) is 18.2 Å². The van der Waals surface area contributed by atoms with Crippen LogP contribution in [0.25, 0.3) is 10.6 Å². The maximum Gasteiger partial charge on any atom is 0.303 e. The zero-order chi connectivity index (χ0) is 30.7. The molecule has 5 rings (SSSR count). The van der Waals surface area contributed by atoms with Crippen LogP contribution in [0.3, 0.4) is 0 Å². The first-order valence-electron chi connectivity index (χ1n) is 14.0.